The van der Waals surface area contributed by atoms with Gasteiger partial charge in [0.1, 0.15) is 11.6 Å². The van der Waals surface area contributed by atoms with Crippen LogP contribution in [0.5, 0.6) is 5.75 Å². The van der Waals surface area contributed by atoms with E-state index in [1.54, 1.807) is 12.1 Å². The van der Waals surface area contributed by atoms with Crippen LogP contribution in [0.1, 0.15) is 31.4 Å². The zero-order valence-electron chi connectivity index (χ0n) is 10.2. The van der Waals surface area contributed by atoms with Crippen molar-refractivity contribution < 1.29 is 9.13 Å². The first kappa shape index (κ1) is 12.3. The molecule has 0 aliphatic heterocycles. The number of ether oxygens (including phenoxy) is 1. The number of hydrogen-bond acceptors (Lipinski definition) is 3. The van der Waals surface area contributed by atoms with Gasteiger partial charge in [-0.25, -0.2) is 4.39 Å². The molecular formula is C13H19FN2O. The van der Waals surface area contributed by atoms with Crippen molar-refractivity contribution in [3.63, 3.8) is 0 Å². The molecule has 4 heteroatoms. The SMILES string of the molecule is COc1ccc(C(NN)C(C)C2CC2)c(F)c1. The van der Waals surface area contributed by atoms with Crippen molar-refractivity contribution in [2.45, 2.75) is 25.8 Å². The largest absolute Gasteiger partial charge is 0.497 e. The molecule has 3 nitrogen and oxygen atoms in total. The Balaban J connectivity index is 2.23. The highest BCUT2D eigenvalue weighted by atomic mass is 19.1. The highest BCUT2D eigenvalue weighted by Crippen LogP contribution is 2.43. The molecule has 0 heterocycles. The maximum Gasteiger partial charge on any atom is 0.131 e. The number of halogens is 1. The fraction of sp³-hybridized carbons (Fsp3) is 0.538. The van der Waals surface area contributed by atoms with E-state index in [4.69, 9.17) is 10.6 Å². The van der Waals surface area contributed by atoms with Gasteiger partial charge in [-0.15, -0.1) is 0 Å². The first-order chi connectivity index (χ1) is 8.17. The molecule has 1 fully saturated rings. The van der Waals surface area contributed by atoms with Gasteiger partial charge in [-0.1, -0.05) is 13.0 Å². The lowest BCUT2D eigenvalue weighted by atomic mass is 9.91. The average molecular weight is 238 g/mol. The zero-order chi connectivity index (χ0) is 12.4. The summed E-state index contributed by atoms with van der Waals surface area (Å²) in [6, 6.07) is 4.78. The lowest BCUT2D eigenvalue weighted by molar-refractivity contribution is 0.343. The summed E-state index contributed by atoms with van der Waals surface area (Å²) in [5.74, 6) is 6.84. The topological polar surface area (TPSA) is 47.3 Å². The van der Waals surface area contributed by atoms with Crippen LogP contribution in [0.4, 0.5) is 4.39 Å². The standard InChI is InChI=1S/C13H19FN2O/c1-8(9-3-4-9)13(16-15)11-6-5-10(17-2)7-12(11)14/h5-9,13,16H,3-4,15H2,1-2H3. The lowest BCUT2D eigenvalue weighted by Crippen LogP contribution is -2.34. The molecule has 0 amide bonds. The normalized spacial score (nSPS) is 18.8. The number of methoxy groups -OCH3 is 1. The van der Waals surface area contributed by atoms with Gasteiger partial charge in [-0.05, 0) is 30.7 Å². The van der Waals surface area contributed by atoms with Crippen LogP contribution in [0.15, 0.2) is 18.2 Å². The quantitative estimate of drug-likeness (QED) is 0.611. The van der Waals surface area contributed by atoms with Crippen molar-refractivity contribution in [3.05, 3.63) is 29.6 Å². The Labute approximate surface area is 101 Å². The van der Waals surface area contributed by atoms with Crippen molar-refractivity contribution in [3.8, 4) is 5.75 Å². The fourth-order valence-electron chi connectivity index (χ4n) is 2.31. The van der Waals surface area contributed by atoms with Gasteiger partial charge in [-0.3, -0.25) is 11.3 Å². The van der Waals surface area contributed by atoms with E-state index in [0.29, 0.717) is 23.1 Å². The van der Waals surface area contributed by atoms with Crippen molar-refractivity contribution in [2.24, 2.45) is 17.7 Å². The number of benzene rings is 1. The molecule has 1 aromatic carbocycles. The Hall–Kier alpha value is -1.13. The second-order valence-corrected chi connectivity index (χ2v) is 4.73. The van der Waals surface area contributed by atoms with Crippen molar-refractivity contribution in [2.75, 3.05) is 7.11 Å². The number of nitrogens with one attached hydrogen (secondary N) is 1. The summed E-state index contributed by atoms with van der Waals surface area (Å²) in [5, 5.41) is 0. The fourth-order valence-corrected chi connectivity index (χ4v) is 2.31. The van der Waals surface area contributed by atoms with E-state index in [1.807, 2.05) is 0 Å². The van der Waals surface area contributed by atoms with Crippen LogP contribution in [-0.2, 0) is 0 Å². The Morgan fingerprint density at radius 2 is 2.18 bits per heavy atom. The number of rotatable bonds is 5. The molecular weight excluding hydrogens is 219 g/mol. The second kappa shape index (κ2) is 5.02. The van der Waals surface area contributed by atoms with Crippen molar-refractivity contribution in [1.29, 1.82) is 0 Å². The molecule has 0 bridgehead atoms. The first-order valence-electron chi connectivity index (χ1n) is 5.97. The zero-order valence-corrected chi connectivity index (χ0v) is 10.2. The van der Waals surface area contributed by atoms with Gasteiger partial charge in [-0.2, -0.15) is 0 Å². The van der Waals surface area contributed by atoms with E-state index in [9.17, 15) is 4.39 Å². The molecule has 2 unspecified atom stereocenters. The summed E-state index contributed by atoms with van der Waals surface area (Å²) in [6.45, 7) is 2.12. The van der Waals surface area contributed by atoms with Crippen LogP contribution in [0.25, 0.3) is 0 Å². The molecule has 1 aliphatic carbocycles. The molecule has 2 rings (SSSR count). The predicted octanol–water partition coefficient (Wildman–Crippen LogP) is 2.38. The van der Waals surface area contributed by atoms with Crippen LogP contribution in [0.2, 0.25) is 0 Å². The molecule has 1 aromatic rings. The molecule has 94 valence electrons. The lowest BCUT2D eigenvalue weighted by Gasteiger charge is -2.24. The minimum absolute atomic E-state index is 0.131. The van der Waals surface area contributed by atoms with Gasteiger partial charge < -0.3 is 4.74 Å². The number of hydrogen-bond donors (Lipinski definition) is 2. The van der Waals surface area contributed by atoms with Crippen LogP contribution in [0.3, 0.4) is 0 Å². The Morgan fingerprint density at radius 1 is 1.47 bits per heavy atom. The predicted molar refractivity (Wildman–Crippen MR) is 64.9 cm³/mol. The molecule has 1 aliphatic rings. The third-order valence-corrected chi connectivity index (χ3v) is 3.61. The van der Waals surface area contributed by atoms with Gasteiger partial charge in [0.05, 0.1) is 13.2 Å². The van der Waals surface area contributed by atoms with E-state index in [0.717, 1.165) is 0 Å². The molecule has 0 radical (unpaired) electrons. The van der Waals surface area contributed by atoms with E-state index in [2.05, 4.69) is 12.3 Å². The maximum absolute atomic E-state index is 13.9. The van der Waals surface area contributed by atoms with Crippen LogP contribution < -0.4 is 16.0 Å². The summed E-state index contributed by atoms with van der Waals surface area (Å²) < 4.78 is 18.9. The summed E-state index contributed by atoms with van der Waals surface area (Å²) >= 11 is 0. The monoisotopic (exact) mass is 238 g/mol. The summed E-state index contributed by atoms with van der Waals surface area (Å²) in [4.78, 5) is 0. The third-order valence-electron chi connectivity index (χ3n) is 3.61. The van der Waals surface area contributed by atoms with E-state index in [-0.39, 0.29) is 11.9 Å². The van der Waals surface area contributed by atoms with Crippen LogP contribution >= 0.6 is 0 Å². The molecule has 0 spiro atoms. The van der Waals surface area contributed by atoms with Gasteiger partial charge in [0.25, 0.3) is 0 Å². The van der Waals surface area contributed by atoms with E-state index in [1.165, 1.54) is 26.0 Å². The molecule has 0 aromatic heterocycles. The Kier molecular flexibility index (Phi) is 3.64. The van der Waals surface area contributed by atoms with E-state index >= 15 is 0 Å². The van der Waals surface area contributed by atoms with Gasteiger partial charge in [0.15, 0.2) is 0 Å². The molecule has 17 heavy (non-hydrogen) atoms. The third kappa shape index (κ3) is 2.58. The molecule has 0 saturated heterocycles. The Bertz CT molecular complexity index is 393. The van der Waals surface area contributed by atoms with Crippen molar-refractivity contribution in [1.82, 2.24) is 5.43 Å². The summed E-state index contributed by atoms with van der Waals surface area (Å²) in [7, 11) is 1.53. The van der Waals surface area contributed by atoms with Gasteiger partial charge in [0, 0.05) is 11.6 Å². The van der Waals surface area contributed by atoms with Crippen LogP contribution in [0, 0.1) is 17.7 Å². The summed E-state index contributed by atoms with van der Waals surface area (Å²) in [5.41, 5.74) is 3.36. The van der Waals surface area contributed by atoms with Crippen LogP contribution in [-0.4, -0.2) is 7.11 Å². The summed E-state index contributed by atoms with van der Waals surface area (Å²) in [6.07, 6.45) is 2.44. The minimum Gasteiger partial charge on any atom is -0.497 e. The molecule has 2 atom stereocenters. The second-order valence-electron chi connectivity index (χ2n) is 4.73. The highest BCUT2D eigenvalue weighted by molar-refractivity contribution is 5.31. The first-order valence-corrected chi connectivity index (χ1v) is 5.97. The van der Waals surface area contributed by atoms with Gasteiger partial charge >= 0.3 is 0 Å². The smallest absolute Gasteiger partial charge is 0.131 e. The minimum atomic E-state index is -0.264. The Morgan fingerprint density at radius 3 is 2.65 bits per heavy atom. The number of nitrogens with two attached hydrogens (primary N) is 1. The van der Waals surface area contributed by atoms with Gasteiger partial charge in [0.2, 0.25) is 0 Å². The molecule has 1 saturated carbocycles. The highest BCUT2D eigenvalue weighted by Gasteiger charge is 2.34. The molecule has 3 N–H and O–H groups in total. The van der Waals surface area contributed by atoms with E-state index < -0.39 is 0 Å². The number of hydrazine groups is 1. The average Bonchev–Trinajstić information content (AvgIpc) is 3.15. The maximum atomic E-state index is 13.9. The van der Waals surface area contributed by atoms with Crippen molar-refractivity contribution >= 4 is 0 Å².